The van der Waals surface area contributed by atoms with Crippen LogP contribution in [0.3, 0.4) is 0 Å². The second-order valence-electron chi connectivity index (χ2n) is 5.83. The van der Waals surface area contributed by atoms with Gasteiger partial charge in [-0.3, -0.25) is 14.9 Å². The van der Waals surface area contributed by atoms with Gasteiger partial charge in [0, 0.05) is 6.07 Å². The highest BCUT2D eigenvalue weighted by atomic mass is 19.4. The SMILES string of the molecule is Cc1ccc([N+](=O)[O-])c(NC(=O)COC(=O)c2ccccc2C(F)(F)F)c1C. The number of nitro groups is 1. The number of aryl methyl sites for hydroxylation is 1. The number of esters is 1. The fourth-order valence-electron chi connectivity index (χ4n) is 2.40. The summed E-state index contributed by atoms with van der Waals surface area (Å²) in [5, 5.41) is 13.4. The maximum atomic E-state index is 12.9. The molecule has 2 aromatic carbocycles. The third-order valence-electron chi connectivity index (χ3n) is 3.96. The standard InChI is InChI=1S/C18H15F3N2O5/c1-10-7-8-14(23(26)27)16(11(10)2)22-15(24)9-28-17(25)12-5-3-4-6-13(12)18(19,20)21/h3-8H,9H2,1-2H3,(H,22,24). The van der Waals surface area contributed by atoms with Crippen LogP contribution in [0.25, 0.3) is 0 Å². The van der Waals surface area contributed by atoms with Crippen LogP contribution in [0.1, 0.15) is 27.0 Å². The van der Waals surface area contributed by atoms with E-state index in [2.05, 4.69) is 10.1 Å². The minimum absolute atomic E-state index is 0.0678. The number of carbonyl (C=O) groups is 2. The minimum atomic E-state index is -4.77. The van der Waals surface area contributed by atoms with E-state index in [1.807, 2.05) is 0 Å². The molecule has 0 fully saturated rings. The summed E-state index contributed by atoms with van der Waals surface area (Å²) in [6.45, 7) is 2.34. The van der Waals surface area contributed by atoms with E-state index in [-0.39, 0.29) is 11.4 Å². The molecular formula is C18H15F3N2O5. The van der Waals surface area contributed by atoms with Gasteiger partial charge in [0.15, 0.2) is 6.61 Å². The van der Waals surface area contributed by atoms with Gasteiger partial charge in [-0.1, -0.05) is 18.2 Å². The topological polar surface area (TPSA) is 98.5 Å². The fourth-order valence-corrected chi connectivity index (χ4v) is 2.40. The molecule has 1 amide bonds. The molecule has 0 saturated heterocycles. The molecule has 0 aliphatic rings. The quantitative estimate of drug-likeness (QED) is 0.467. The Kier molecular flexibility index (Phi) is 6.02. The van der Waals surface area contributed by atoms with Crippen molar-refractivity contribution >= 4 is 23.3 Å². The lowest BCUT2D eigenvalue weighted by atomic mass is 10.1. The van der Waals surface area contributed by atoms with E-state index in [4.69, 9.17) is 0 Å². The highest BCUT2D eigenvalue weighted by Crippen LogP contribution is 2.32. The van der Waals surface area contributed by atoms with Crippen LogP contribution in [0.15, 0.2) is 36.4 Å². The summed E-state index contributed by atoms with van der Waals surface area (Å²) < 4.78 is 43.5. The Balaban J connectivity index is 2.14. The molecule has 0 heterocycles. The van der Waals surface area contributed by atoms with Crippen LogP contribution < -0.4 is 5.32 Å². The zero-order chi connectivity index (χ0) is 21.1. The molecule has 0 saturated carbocycles. The van der Waals surface area contributed by atoms with Gasteiger partial charge in [-0.25, -0.2) is 4.79 Å². The van der Waals surface area contributed by atoms with Gasteiger partial charge < -0.3 is 10.1 Å². The molecule has 0 bridgehead atoms. The average Bonchev–Trinajstić information content (AvgIpc) is 2.62. The molecule has 2 rings (SSSR count). The summed E-state index contributed by atoms with van der Waals surface area (Å²) in [6.07, 6.45) is -4.77. The van der Waals surface area contributed by atoms with E-state index in [0.717, 1.165) is 18.2 Å². The Bertz CT molecular complexity index is 941. The third-order valence-corrected chi connectivity index (χ3v) is 3.96. The largest absolute Gasteiger partial charge is 0.452 e. The van der Waals surface area contributed by atoms with Crippen LogP contribution >= 0.6 is 0 Å². The monoisotopic (exact) mass is 396 g/mol. The maximum absolute atomic E-state index is 12.9. The van der Waals surface area contributed by atoms with E-state index >= 15 is 0 Å². The Hall–Kier alpha value is -3.43. The van der Waals surface area contributed by atoms with Gasteiger partial charge in [0.05, 0.1) is 16.1 Å². The van der Waals surface area contributed by atoms with Crippen LogP contribution in [0, 0.1) is 24.0 Å². The summed E-state index contributed by atoms with van der Waals surface area (Å²) >= 11 is 0. The normalized spacial score (nSPS) is 11.0. The van der Waals surface area contributed by atoms with Crippen molar-refractivity contribution in [3.63, 3.8) is 0 Å². The first-order chi connectivity index (χ1) is 13.0. The fraction of sp³-hybridized carbons (Fsp3) is 0.222. The number of hydrogen-bond acceptors (Lipinski definition) is 5. The van der Waals surface area contributed by atoms with Crippen molar-refractivity contribution in [2.24, 2.45) is 0 Å². The molecule has 148 valence electrons. The summed E-state index contributed by atoms with van der Waals surface area (Å²) in [5.41, 5.74) is -1.23. The lowest BCUT2D eigenvalue weighted by Gasteiger charge is -2.13. The van der Waals surface area contributed by atoms with E-state index < -0.39 is 40.7 Å². The first-order valence-corrected chi connectivity index (χ1v) is 7.90. The van der Waals surface area contributed by atoms with E-state index in [1.165, 1.54) is 18.2 Å². The van der Waals surface area contributed by atoms with Crippen molar-refractivity contribution in [3.05, 3.63) is 68.8 Å². The lowest BCUT2D eigenvalue weighted by Crippen LogP contribution is -2.23. The Morgan fingerprint density at radius 3 is 2.39 bits per heavy atom. The number of alkyl halides is 3. The number of nitrogens with zero attached hydrogens (tertiary/aromatic N) is 1. The van der Waals surface area contributed by atoms with Gasteiger partial charge in [-0.05, 0) is 37.1 Å². The maximum Gasteiger partial charge on any atom is 0.417 e. The summed E-state index contributed by atoms with van der Waals surface area (Å²) in [6, 6.07) is 6.72. The Morgan fingerprint density at radius 2 is 1.79 bits per heavy atom. The van der Waals surface area contributed by atoms with Gasteiger partial charge in [-0.2, -0.15) is 13.2 Å². The zero-order valence-electron chi connectivity index (χ0n) is 14.8. The average molecular weight is 396 g/mol. The van der Waals surface area contributed by atoms with Gasteiger partial charge in [0.25, 0.3) is 11.6 Å². The molecular weight excluding hydrogens is 381 g/mol. The van der Waals surface area contributed by atoms with Crippen LogP contribution in [-0.2, 0) is 15.7 Å². The summed E-state index contributed by atoms with van der Waals surface area (Å²) in [7, 11) is 0. The molecule has 10 heteroatoms. The minimum Gasteiger partial charge on any atom is -0.452 e. The van der Waals surface area contributed by atoms with Crippen molar-refractivity contribution < 1.29 is 32.4 Å². The van der Waals surface area contributed by atoms with Crippen LogP contribution in [0.5, 0.6) is 0 Å². The number of hydrogen-bond donors (Lipinski definition) is 1. The van der Waals surface area contributed by atoms with Gasteiger partial charge in [-0.15, -0.1) is 0 Å². The van der Waals surface area contributed by atoms with Crippen LogP contribution in [0.2, 0.25) is 0 Å². The summed E-state index contributed by atoms with van der Waals surface area (Å²) in [5.74, 6) is -2.26. The first-order valence-electron chi connectivity index (χ1n) is 7.90. The molecule has 2 aromatic rings. The molecule has 0 spiro atoms. The predicted octanol–water partition coefficient (Wildman–Crippen LogP) is 4.03. The number of anilines is 1. The predicted molar refractivity (Wildman–Crippen MR) is 92.9 cm³/mol. The van der Waals surface area contributed by atoms with Crippen LogP contribution in [-0.4, -0.2) is 23.4 Å². The van der Waals surface area contributed by atoms with Gasteiger partial charge >= 0.3 is 12.1 Å². The zero-order valence-corrected chi connectivity index (χ0v) is 14.8. The third kappa shape index (κ3) is 4.64. The highest BCUT2D eigenvalue weighted by molar-refractivity contribution is 5.98. The smallest absolute Gasteiger partial charge is 0.417 e. The number of amides is 1. The van der Waals surface area contributed by atoms with Crippen molar-refractivity contribution in [2.75, 3.05) is 11.9 Å². The molecule has 0 aliphatic carbocycles. The van der Waals surface area contributed by atoms with E-state index in [0.29, 0.717) is 11.1 Å². The van der Waals surface area contributed by atoms with Crippen molar-refractivity contribution in [2.45, 2.75) is 20.0 Å². The number of benzene rings is 2. The van der Waals surface area contributed by atoms with Crippen LogP contribution in [0.4, 0.5) is 24.5 Å². The molecule has 0 radical (unpaired) electrons. The Morgan fingerprint density at radius 1 is 1.14 bits per heavy atom. The highest BCUT2D eigenvalue weighted by Gasteiger charge is 2.35. The number of nitro benzene ring substituents is 1. The number of halogens is 3. The Labute approximate surface area is 157 Å². The molecule has 0 atom stereocenters. The number of ether oxygens (including phenoxy) is 1. The van der Waals surface area contributed by atoms with E-state index in [9.17, 15) is 32.9 Å². The molecule has 1 N–H and O–H groups in total. The first kappa shape index (κ1) is 20.9. The number of carbonyl (C=O) groups excluding carboxylic acids is 2. The number of nitrogens with one attached hydrogen (secondary N) is 1. The lowest BCUT2D eigenvalue weighted by molar-refractivity contribution is -0.384. The van der Waals surface area contributed by atoms with Gasteiger partial charge in [0.1, 0.15) is 5.69 Å². The second-order valence-corrected chi connectivity index (χ2v) is 5.83. The molecule has 0 aromatic heterocycles. The van der Waals surface area contributed by atoms with Crippen molar-refractivity contribution in [1.82, 2.24) is 0 Å². The van der Waals surface area contributed by atoms with Crippen molar-refractivity contribution in [1.29, 1.82) is 0 Å². The number of rotatable bonds is 5. The summed E-state index contributed by atoms with van der Waals surface area (Å²) in [4.78, 5) is 34.4. The molecule has 0 aliphatic heterocycles. The molecule has 0 unspecified atom stereocenters. The van der Waals surface area contributed by atoms with Crippen molar-refractivity contribution in [3.8, 4) is 0 Å². The molecule has 7 nitrogen and oxygen atoms in total. The van der Waals surface area contributed by atoms with Gasteiger partial charge in [0.2, 0.25) is 0 Å². The molecule has 28 heavy (non-hydrogen) atoms. The van der Waals surface area contributed by atoms with E-state index in [1.54, 1.807) is 13.8 Å². The second kappa shape index (κ2) is 8.07.